The third kappa shape index (κ3) is 4.57. The summed E-state index contributed by atoms with van der Waals surface area (Å²) in [5.41, 5.74) is 4.19. The average Bonchev–Trinajstić information content (AvgIpc) is 2.99. The van der Waals surface area contributed by atoms with Crippen molar-refractivity contribution >= 4 is 22.5 Å². The monoisotopic (exact) mass is 364 g/mol. The zero-order valence-corrected chi connectivity index (χ0v) is 15.7. The lowest BCUT2D eigenvalue weighted by Crippen LogP contribution is -1.99. The van der Waals surface area contributed by atoms with Crippen molar-refractivity contribution in [2.75, 3.05) is 0 Å². The Kier molecular flexibility index (Phi) is 6.54. The third-order valence-electron chi connectivity index (χ3n) is 3.85. The zero-order chi connectivity index (χ0) is 18.6. The van der Waals surface area contributed by atoms with Crippen LogP contribution in [0.2, 0.25) is 5.02 Å². The van der Waals surface area contributed by atoms with Gasteiger partial charge in [-0.2, -0.15) is 0 Å². The first kappa shape index (κ1) is 19.4. The van der Waals surface area contributed by atoms with Crippen molar-refractivity contribution in [2.24, 2.45) is 0 Å². The van der Waals surface area contributed by atoms with Crippen LogP contribution in [0.3, 0.4) is 0 Å². The molecule has 0 bridgehead atoms. The van der Waals surface area contributed by atoms with Crippen molar-refractivity contribution in [3.63, 3.8) is 0 Å². The highest BCUT2D eigenvalue weighted by Gasteiger charge is 2.11. The van der Waals surface area contributed by atoms with E-state index in [4.69, 9.17) is 11.6 Å². The Balaban J connectivity index is 0.00000109. The number of pyridine rings is 1. The molecule has 0 aliphatic carbocycles. The van der Waals surface area contributed by atoms with Crippen LogP contribution >= 0.6 is 11.6 Å². The fourth-order valence-electron chi connectivity index (χ4n) is 2.57. The number of nitrogens with zero attached hydrogens (tertiary/aromatic N) is 1. The van der Waals surface area contributed by atoms with E-state index in [1.807, 2.05) is 26.0 Å². The maximum absolute atomic E-state index is 12.4. The third-order valence-corrected chi connectivity index (χ3v) is 4.16. The molecule has 0 amide bonds. The molecular formula is C20H23ClF2N2. The molecule has 2 nitrogen and oxygen atoms in total. The highest BCUT2D eigenvalue weighted by atomic mass is 35.5. The lowest BCUT2D eigenvalue weighted by Gasteiger charge is -2.06. The number of halogens is 3. The van der Waals surface area contributed by atoms with E-state index in [1.165, 1.54) is 0 Å². The van der Waals surface area contributed by atoms with E-state index >= 15 is 0 Å². The first-order valence-corrected chi connectivity index (χ1v) is 8.87. The molecule has 2 aromatic heterocycles. The van der Waals surface area contributed by atoms with E-state index in [0.29, 0.717) is 16.6 Å². The zero-order valence-electron chi connectivity index (χ0n) is 14.9. The molecule has 0 unspecified atom stereocenters. The smallest absolute Gasteiger partial charge is 0.244 e. The van der Waals surface area contributed by atoms with Crippen molar-refractivity contribution in [2.45, 2.75) is 46.5 Å². The maximum atomic E-state index is 12.4. The van der Waals surface area contributed by atoms with Gasteiger partial charge in [0.2, 0.25) is 6.43 Å². The van der Waals surface area contributed by atoms with Gasteiger partial charge >= 0.3 is 0 Å². The number of aromatic nitrogens is 2. The van der Waals surface area contributed by atoms with Gasteiger partial charge in [-0.3, -0.25) is 4.98 Å². The van der Waals surface area contributed by atoms with E-state index in [9.17, 15) is 8.78 Å². The van der Waals surface area contributed by atoms with Crippen LogP contribution in [0, 0.1) is 0 Å². The lowest BCUT2D eigenvalue weighted by atomic mass is 10.1. The number of fused-ring (bicyclic) bond motifs is 1. The standard InChI is InChI=1S/C18H17ClF2N2.C2H6/c1-10(2)16-6-12-5-15(19)14(8-17(12)23-16)11-3-4-13(22-9-11)7-18(20)21;1-2/h3-6,8-10,18,23H,7H2,1-2H3;1-2H3. The fourth-order valence-corrected chi connectivity index (χ4v) is 2.85. The van der Waals surface area contributed by atoms with Crippen molar-refractivity contribution in [3.8, 4) is 11.1 Å². The Labute approximate surface area is 152 Å². The van der Waals surface area contributed by atoms with Crippen molar-refractivity contribution in [3.05, 3.63) is 52.9 Å². The van der Waals surface area contributed by atoms with Crippen LogP contribution in [-0.4, -0.2) is 16.4 Å². The second kappa shape index (κ2) is 8.43. The molecule has 0 spiro atoms. The van der Waals surface area contributed by atoms with E-state index in [2.05, 4.69) is 29.9 Å². The molecule has 0 aliphatic rings. The second-order valence-electron chi connectivity index (χ2n) is 5.93. The Morgan fingerprint density at radius 1 is 1.12 bits per heavy atom. The number of rotatable bonds is 4. The van der Waals surface area contributed by atoms with Crippen molar-refractivity contribution < 1.29 is 8.78 Å². The van der Waals surface area contributed by atoms with Gasteiger partial charge in [0, 0.05) is 44.6 Å². The molecule has 0 atom stereocenters. The van der Waals surface area contributed by atoms with E-state index < -0.39 is 6.43 Å². The van der Waals surface area contributed by atoms with Gasteiger partial charge in [0.05, 0.1) is 6.42 Å². The highest BCUT2D eigenvalue weighted by Crippen LogP contribution is 2.33. The van der Waals surface area contributed by atoms with Gasteiger partial charge in [-0.15, -0.1) is 0 Å². The van der Waals surface area contributed by atoms with Gasteiger partial charge in [0.1, 0.15) is 0 Å². The molecule has 3 rings (SSSR count). The minimum Gasteiger partial charge on any atom is -0.358 e. The van der Waals surface area contributed by atoms with Gasteiger partial charge < -0.3 is 4.98 Å². The molecule has 0 radical (unpaired) electrons. The summed E-state index contributed by atoms with van der Waals surface area (Å²) < 4.78 is 24.8. The normalized spacial score (nSPS) is 11.1. The molecule has 0 fully saturated rings. The predicted molar refractivity (Wildman–Crippen MR) is 102 cm³/mol. The van der Waals surface area contributed by atoms with Gasteiger partial charge in [0.15, 0.2) is 0 Å². The van der Waals surface area contributed by atoms with E-state index in [0.717, 1.165) is 27.7 Å². The highest BCUT2D eigenvalue weighted by molar-refractivity contribution is 6.34. The topological polar surface area (TPSA) is 28.7 Å². The second-order valence-corrected chi connectivity index (χ2v) is 6.34. The van der Waals surface area contributed by atoms with Gasteiger partial charge in [-0.1, -0.05) is 45.4 Å². The number of hydrogen-bond donors (Lipinski definition) is 1. The van der Waals surface area contributed by atoms with E-state index in [1.54, 1.807) is 18.3 Å². The fraction of sp³-hybridized carbons (Fsp3) is 0.350. The SMILES string of the molecule is CC.CC(C)c1cc2cc(Cl)c(-c3ccc(CC(F)F)nc3)cc2[nH]1. The minimum absolute atomic E-state index is 0.332. The predicted octanol–water partition coefficient (Wildman–Crippen LogP) is 6.84. The summed E-state index contributed by atoms with van der Waals surface area (Å²) in [4.78, 5) is 7.49. The Bertz CT molecular complexity index is 824. The van der Waals surface area contributed by atoms with Crippen LogP contribution in [-0.2, 0) is 6.42 Å². The van der Waals surface area contributed by atoms with Gasteiger partial charge in [-0.25, -0.2) is 8.78 Å². The summed E-state index contributed by atoms with van der Waals surface area (Å²) in [5, 5.41) is 1.68. The summed E-state index contributed by atoms with van der Waals surface area (Å²) in [5.74, 6) is 0.403. The van der Waals surface area contributed by atoms with Crippen LogP contribution < -0.4 is 0 Å². The summed E-state index contributed by atoms with van der Waals surface area (Å²) in [6, 6.07) is 9.40. The first-order chi connectivity index (χ1) is 11.9. The molecule has 0 aliphatic heterocycles. The van der Waals surface area contributed by atoms with E-state index in [-0.39, 0.29) is 6.42 Å². The molecule has 3 aromatic rings. The number of alkyl halides is 2. The Morgan fingerprint density at radius 3 is 2.40 bits per heavy atom. The molecule has 5 heteroatoms. The van der Waals surface area contributed by atoms with Crippen molar-refractivity contribution in [1.82, 2.24) is 9.97 Å². The summed E-state index contributed by atoms with van der Waals surface area (Å²) in [6.07, 6.45) is -1.12. The molecule has 25 heavy (non-hydrogen) atoms. The van der Waals surface area contributed by atoms with Gasteiger partial charge in [0.25, 0.3) is 0 Å². The van der Waals surface area contributed by atoms with Crippen LogP contribution in [0.4, 0.5) is 8.78 Å². The summed E-state index contributed by atoms with van der Waals surface area (Å²) >= 11 is 6.39. The van der Waals surface area contributed by atoms with Crippen LogP contribution in [0.25, 0.3) is 22.0 Å². The van der Waals surface area contributed by atoms with Crippen molar-refractivity contribution in [1.29, 1.82) is 0 Å². The molecule has 1 N–H and O–H groups in total. The molecule has 0 saturated carbocycles. The lowest BCUT2D eigenvalue weighted by molar-refractivity contribution is 0.148. The molecule has 2 heterocycles. The first-order valence-electron chi connectivity index (χ1n) is 8.49. The minimum atomic E-state index is -2.39. The number of aromatic amines is 1. The largest absolute Gasteiger partial charge is 0.358 e. The Morgan fingerprint density at radius 2 is 1.84 bits per heavy atom. The molecular weight excluding hydrogens is 342 g/mol. The van der Waals surface area contributed by atoms with Crippen LogP contribution in [0.15, 0.2) is 36.5 Å². The number of hydrogen-bond acceptors (Lipinski definition) is 1. The van der Waals surface area contributed by atoms with Crippen LogP contribution in [0.1, 0.15) is 45.0 Å². The molecule has 1 aromatic carbocycles. The maximum Gasteiger partial charge on any atom is 0.244 e. The summed E-state index contributed by atoms with van der Waals surface area (Å²) in [6.45, 7) is 8.25. The number of benzene rings is 1. The summed E-state index contributed by atoms with van der Waals surface area (Å²) in [7, 11) is 0. The number of nitrogens with one attached hydrogen (secondary N) is 1. The number of H-pyrrole nitrogens is 1. The quantitative estimate of drug-likeness (QED) is 0.539. The average molecular weight is 365 g/mol. The molecule has 0 saturated heterocycles. The van der Waals surface area contributed by atoms with Gasteiger partial charge in [-0.05, 0) is 30.2 Å². The molecule has 134 valence electrons. The Hall–Kier alpha value is -1.94. The van der Waals surface area contributed by atoms with Crippen LogP contribution in [0.5, 0.6) is 0 Å².